The number of ether oxygens (including phenoxy) is 2. The van der Waals surface area contributed by atoms with E-state index in [0.29, 0.717) is 6.54 Å². The standard InChI is InChI=1S/C14H25NO3Si/c1-16-13-7-6-12(14(10-13)17-2)11-15-18-8-9-19(3,4)5/h6-7,10,15H,8-9,11H2,1-5H3. The number of hydrogen-bond acceptors (Lipinski definition) is 4. The largest absolute Gasteiger partial charge is 0.497 e. The van der Waals surface area contributed by atoms with Crippen molar-refractivity contribution in [3.8, 4) is 11.5 Å². The SMILES string of the molecule is COc1ccc(CNOCC[Si](C)(C)C)c(OC)c1. The Labute approximate surface area is 117 Å². The van der Waals surface area contributed by atoms with Crippen LogP contribution in [0.25, 0.3) is 0 Å². The molecule has 0 spiro atoms. The van der Waals surface area contributed by atoms with Crippen molar-refractivity contribution in [3.05, 3.63) is 23.8 Å². The molecule has 1 aromatic rings. The van der Waals surface area contributed by atoms with Gasteiger partial charge in [-0.3, -0.25) is 0 Å². The van der Waals surface area contributed by atoms with Crippen LogP contribution in [0.1, 0.15) is 5.56 Å². The van der Waals surface area contributed by atoms with Gasteiger partial charge in [0.25, 0.3) is 0 Å². The third-order valence-corrected chi connectivity index (χ3v) is 4.52. The maximum absolute atomic E-state index is 5.47. The van der Waals surface area contributed by atoms with E-state index in [9.17, 15) is 0 Å². The summed E-state index contributed by atoms with van der Waals surface area (Å²) in [6.45, 7) is 8.39. The van der Waals surface area contributed by atoms with E-state index in [1.807, 2.05) is 18.2 Å². The molecule has 0 fully saturated rings. The summed E-state index contributed by atoms with van der Waals surface area (Å²) in [4.78, 5) is 5.47. The van der Waals surface area contributed by atoms with Gasteiger partial charge < -0.3 is 14.3 Å². The number of benzene rings is 1. The average Bonchev–Trinajstić information content (AvgIpc) is 2.37. The molecular weight excluding hydrogens is 258 g/mol. The zero-order valence-corrected chi connectivity index (χ0v) is 13.6. The van der Waals surface area contributed by atoms with Crippen molar-refractivity contribution in [1.82, 2.24) is 5.48 Å². The van der Waals surface area contributed by atoms with Crippen LogP contribution in [0.2, 0.25) is 25.7 Å². The van der Waals surface area contributed by atoms with E-state index in [1.165, 1.54) is 0 Å². The van der Waals surface area contributed by atoms with E-state index in [0.717, 1.165) is 29.7 Å². The van der Waals surface area contributed by atoms with E-state index < -0.39 is 8.07 Å². The molecule has 0 heterocycles. The van der Waals surface area contributed by atoms with Gasteiger partial charge in [0.05, 0.1) is 20.8 Å². The predicted molar refractivity (Wildman–Crippen MR) is 80.5 cm³/mol. The molecule has 108 valence electrons. The molecule has 0 saturated heterocycles. The molecule has 0 aliphatic heterocycles. The van der Waals surface area contributed by atoms with Crippen LogP contribution in [0, 0.1) is 0 Å². The van der Waals surface area contributed by atoms with Gasteiger partial charge in [-0.05, 0) is 12.1 Å². The van der Waals surface area contributed by atoms with E-state index >= 15 is 0 Å². The second-order valence-electron chi connectivity index (χ2n) is 5.66. The minimum Gasteiger partial charge on any atom is -0.497 e. The van der Waals surface area contributed by atoms with Gasteiger partial charge in [-0.25, -0.2) is 0 Å². The van der Waals surface area contributed by atoms with Crippen LogP contribution in [0.3, 0.4) is 0 Å². The summed E-state index contributed by atoms with van der Waals surface area (Å²) in [5.74, 6) is 1.60. The van der Waals surface area contributed by atoms with Crippen LogP contribution in [0.15, 0.2) is 18.2 Å². The maximum atomic E-state index is 5.47. The summed E-state index contributed by atoms with van der Waals surface area (Å²) in [5, 5.41) is 0. The monoisotopic (exact) mass is 283 g/mol. The molecule has 4 nitrogen and oxygen atoms in total. The molecule has 1 rings (SSSR count). The number of rotatable bonds is 8. The van der Waals surface area contributed by atoms with Crippen molar-refractivity contribution in [2.75, 3.05) is 20.8 Å². The highest BCUT2D eigenvalue weighted by atomic mass is 28.3. The lowest BCUT2D eigenvalue weighted by molar-refractivity contribution is 0.0454. The number of methoxy groups -OCH3 is 2. The lowest BCUT2D eigenvalue weighted by atomic mass is 10.2. The zero-order valence-electron chi connectivity index (χ0n) is 12.6. The normalized spacial score (nSPS) is 11.4. The third kappa shape index (κ3) is 6.09. The molecule has 0 saturated carbocycles. The summed E-state index contributed by atoms with van der Waals surface area (Å²) in [6, 6.07) is 6.92. The first-order valence-electron chi connectivity index (χ1n) is 6.52. The highest BCUT2D eigenvalue weighted by Gasteiger charge is 2.12. The summed E-state index contributed by atoms with van der Waals surface area (Å²) in [7, 11) is 2.28. The average molecular weight is 283 g/mol. The second-order valence-corrected chi connectivity index (χ2v) is 11.3. The lowest BCUT2D eigenvalue weighted by Crippen LogP contribution is -2.24. The van der Waals surface area contributed by atoms with Crippen LogP contribution >= 0.6 is 0 Å². The molecule has 0 aromatic heterocycles. The number of hydrogen-bond donors (Lipinski definition) is 1. The van der Waals surface area contributed by atoms with Gasteiger partial charge in [-0.15, -0.1) is 0 Å². The van der Waals surface area contributed by atoms with Gasteiger partial charge in [0, 0.05) is 26.2 Å². The fourth-order valence-corrected chi connectivity index (χ4v) is 2.27. The molecule has 0 aliphatic rings. The van der Waals surface area contributed by atoms with E-state index in [2.05, 4.69) is 25.1 Å². The van der Waals surface area contributed by atoms with Gasteiger partial charge in [0.2, 0.25) is 0 Å². The quantitative estimate of drug-likeness (QED) is 0.452. The molecule has 0 aliphatic carbocycles. The van der Waals surface area contributed by atoms with Crippen molar-refractivity contribution in [2.24, 2.45) is 0 Å². The summed E-state index contributed by atoms with van der Waals surface area (Å²) >= 11 is 0. The first-order chi connectivity index (χ1) is 8.96. The Bertz CT molecular complexity index is 391. The Morgan fingerprint density at radius 3 is 2.42 bits per heavy atom. The molecule has 0 amide bonds. The number of nitrogens with one attached hydrogen (secondary N) is 1. The van der Waals surface area contributed by atoms with Crippen LogP contribution in [0.4, 0.5) is 0 Å². The van der Waals surface area contributed by atoms with Crippen molar-refractivity contribution >= 4 is 8.07 Å². The van der Waals surface area contributed by atoms with Crippen LogP contribution in [-0.4, -0.2) is 28.9 Å². The molecule has 0 radical (unpaired) electrons. The van der Waals surface area contributed by atoms with Gasteiger partial charge in [0.1, 0.15) is 11.5 Å². The van der Waals surface area contributed by atoms with E-state index in [4.69, 9.17) is 14.3 Å². The second kappa shape index (κ2) is 7.52. The fourth-order valence-electron chi connectivity index (χ4n) is 1.56. The zero-order chi connectivity index (χ0) is 14.3. The van der Waals surface area contributed by atoms with Gasteiger partial charge >= 0.3 is 0 Å². The molecule has 1 N–H and O–H groups in total. The topological polar surface area (TPSA) is 39.7 Å². The van der Waals surface area contributed by atoms with Gasteiger partial charge in [-0.2, -0.15) is 5.48 Å². The highest BCUT2D eigenvalue weighted by molar-refractivity contribution is 6.76. The smallest absolute Gasteiger partial charge is 0.127 e. The summed E-state index contributed by atoms with van der Waals surface area (Å²) in [6.07, 6.45) is 0. The fraction of sp³-hybridized carbons (Fsp3) is 0.571. The first kappa shape index (κ1) is 16.0. The van der Waals surface area contributed by atoms with Crippen molar-refractivity contribution in [3.63, 3.8) is 0 Å². The minimum absolute atomic E-state index is 0.624. The predicted octanol–water partition coefficient (Wildman–Crippen LogP) is 3.06. The minimum atomic E-state index is -1.02. The molecule has 0 atom stereocenters. The highest BCUT2D eigenvalue weighted by Crippen LogP contribution is 2.24. The molecule has 5 heteroatoms. The van der Waals surface area contributed by atoms with E-state index in [-0.39, 0.29) is 0 Å². The molecular formula is C14H25NO3Si. The Morgan fingerprint density at radius 2 is 1.84 bits per heavy atom. The van der Waals surface area contributed by atoms with Crippen LogP contribution < -0.4 is 15.0 Å². The van der Waals surface area contributed by atoms with Crippen molar-refractivity contribution in [2.45, 2.75) is 32.2 Å². The van der Waals surface area contributed by atoms with E-state index in [1.54, 1.807) is 14.2 Å². The van der Waals surface area contributed by atoms with Gasteiger partial charge in [0.15, 0.2) is 0 Å². The molecule has 0 unspecified atom stereocenters. The molecule has 1 aromatic carbocycles. The maximum Gasteiger partial charge on any atom is 0.127 e. The van der Waals surface area contributed by atoms with Gasteiger partial charge in [-0.1, -0.05) is 25.7 Å². The Balaban J connectivity index is 2.41. The lowest BCUT2D eigenvalue weighted by Gasteiger charge is -2.16. The Hall–Kier alpha value is -1.04. The third-order valence-electron chi connectivity index (χ3n) is 2.81. The number of hydroxylamine groups is 1. The molecule has 19 heavy (non-hydrogen) atoms. The van der Waals surface area contributed by atoms with Crippen molar-refractivity contribution in [1.29, 1.82) is 0 Å². The van der Waals surface area contributed by atoms with Crippen molar-refractivity contribution < 1.29 is 14.3 Å². The Morgan fingerprint density at radius 1 is 1.11 bits per heavy atom. The summed E-state index contributed by atoms with van der Waals surface area (Å²) < 4.78 is 10.5. The first-order valence-corrected chi connectivity index (χ1v) is 10.2. The Kier molecular flexibility index (Phi) is 6.34. The molecule has 0 bridgehead atoms. The van der Waals surface area contributed by atoms with Crippen LogP contribution in [-0.2, 0) is 11.4 Å². The van der Waals surface area contributed by atoms with Crippen LogP contribution in [0.5, 0.6) is 11.5 Å². The summed E-state index contributed by atoms with van der Waals surface area (Å²) in [5.41, 5.74) is 4.04.